The molecule has 2 aromatic carbocycles. The standard InChI is InChI=1S/C17H14Cl2N4OS/c1-10-2-7-13(8-14(10)19)21-17(25)20-9-15-22-16(23-24-15)11-3-5-12(18)6-4-11/h2-8H,9H2,1H3,(H2,20,21,25). The van der Waals surface area contributed by atoms with Gasteiger partial charge in [0, 0.05) is 21.3 Å². The van der Waals surface area contributed by atoms with Crippen LogP contribution < -0.4 is 10.6 Å². The van der Waals surface area contributed by atoms with Gasteiger partial charge in [-0.25, -0.2) is 0 Å². The van der Waals surface area contributed by atoms with Crippen molar-refractivity contribution in [3.05, 3.63) is 64.0 Å². The average molecular weight is 393 g/mol. The maximum absolute atomic E-state index is 6.10. The Morgan fingerprint density at radius 1 is 1.16 bits per heavy atom. The van der Waals surface area contributed by atoms with E-state index >= 15 is 0 Å². The zero-order chi connectivity index (χ0) is 17.8. The van der Waals surface area contributed by atoms with Gasteiger partial charge in [-0.3, -0.25) is 0 Å². The van der Waals surface area contributed by atoms with Crippen LogP contribution in [0.25, 0.3) is 11.4 Å². The summed E-state index contributed by atoms with van der Waals surface area (Å²) in [5, 5.41) is 11.8. The van der Waals surface area contributed by atoms with Crippen LogP contribution in [0.15, 0.2) is 47.0 Å². The molecular formula is C17H14Cl2N4OS. The van der Waals surface area contributed by atoms with Crippen LogP contribution in [0.3, 0.4) is 0 Å². The van der Waals surface area contributed by atoms with E-state index in [0.29, 0.717) is 33.4 Å². The van der Waals surface area contributed by atoms with Gasteiger partial charge in [0.2, 0.25) is 11.7 Å². The lowest BCUT2D eigenvalue weighted by atomic mass is 10.2. The molecule has 0 saturated carbocycles. The summed E-state index contributed by atoms with van der Waals surface area (Å²) >= 11 is 17.2. The lowest BCUT2D eigenvalue weighted by Crippen LogP contribution is -2.28. The first-order valence-electron chi connectivity index (χ1n) is 7.41. The minimum atomic E-state index is 0.312. The second kappa shape index (κ2) is 7.82. The Morgan fingerprint density at radius 3 is 2.64 bits per heavy atom. The van der Waals surface area contributed by atoms with Gasteiger partial charge in [-0.15, -0.1) is 0 Å². The molecule has 3 aromatic rings. The lowest BCUT2D eigenvalue weighted by Gasteiger charge is -2.09. The van der Waals surface area contributed by atoms with E-state index in [1.807, 2.05) is 37.3 Å². The molecule has 0 fully saturated rings. The lowest BCUT2D eigenvalue weighted by molar-refractivity contribution is 0.376. The molecule has 0 aliphatic heterocycles. The van der Waals surface area contributed by atoms with Crippen LogP contribution in [-0.4, -0.2) is 15.3 Å². The smallest absolute Gasteiger partial charge is 0.246 e. The molecule has 1 aromatic heterocycles. The van der Waals surface area contributed by atoms with Gasteiger partial charge < -0.3 is 15.2 Å². The average Bonchev–Trinajstić information content (AvgIpc) is 3.06. The van der Waals surface area contributed by atoms with Crippen LogP contribution in [0.4, 0.5) is 5.69 Å². The Hall–Kier alpha value is -2.15. The van der Waals surface area contributed by atoms with E-state index in [4.69, 9.17) is 39.9 Å². The Morgan fingerprint density at radius 2 is 1.92 bits per heavy atom. The van der Waals surface area contributed by atoms with E-state index in [1.54, 1.807) is 12.1 Å². The molecule has 8 heteroatoms. The predicted molar refractivity (Wildman–Crippen MR) is 104 cm³/mol. The highest BCUT2D eigenvalue weighted by atomic mass is 35.5. The fourth-order valence-electron chi connectivity index (χ4n) is 2.04. The van der Waals surface area contributed by atoms with Gasteiger partial charge >= 0.3 is 0 Å². The van der Waals surface area contributed by atoms with Crippen molar-refractivity contribution in [1.82, 2.24) is 15.5 Å². The fourth-order valence-corrected chi connectivity index (χ4v) is 2.54. The zero-order valence-corrected chi connectivity index (χ0v) is 15.5. The number of thiocarbonyl (C=S) groups is 1. The second-order valence-electron chi connectivity index (χ2n) is 5.29. The minimum absolute atomic E-state index is 0.312. The van der Waals surface area contributed by atoms with E-state index in [9.17, 15) is 0 Å². The third-order valence-corrected chi connectivity index (χ3v) is 4.31. The summed E-state index contributed by atoms with van der Waals surface area (Å²) in [7, 11) is 0. The highest BCUT2D eigenvalue weighted by molar-refractivity contribution is 7.80. The number of aryl methyl sites for hydroxylation is 1. The van der Waals surface area contributed by atoms with Crippen molar-refractivity contribution in [2.24, 2.45) is 0 Å². The number of rotatable bonds is 4. The van der Waals surface area contributed by atoms with Crippen LogP contribution in [0.2, 0.25) is 10.0 Å². The quantitative estimate of drug-likeness (QED) is 0.619. The third-order valence-electron chi connectivity index (χ3n) is 3.40. The van der Waals surface area contributed by atoms with Crippen LogP contribution in [0.1, 0.15) is 11.5 Å². The summed E-state index contributed by atoms with van der Waals surface area (Å²) in [6.07, 6.45) is 0. The molecular weight excluding hydrogens is 379 g/mol. The number of anilines is 1. The maximum atomic E-state index is 6.10. The monoisotopic (exact) mass is 392 g/mol. The molecule has 0 bridgehead atoms. The molecule has 0 saturated heterocycles. The Labute approximate surface area is 160 Å². The zero-order valence-electron chi connectivity index (χ0n) is 13.2. The number of benzene rings is 2. The normalized spacial score (nSPS) is 10.5. The molecule has 0 aliphatic carbocycles. The topological polar surface area (TPSA) is 63.0 Å². The van der Waals surface area contributed by atoms with Crippen LogP contribution in [0, 0.1) is 6.92 Å². The molecule has 128 valence electrons. The number of hydrogen-bond donors (Lipinski definition) is 2. The molecule has 5 nitrogen and oxygen atoms in total. The van der Waals surface area contributed by atoms with Crippen molar-refractivity contribution in [2.75, 3.05) is 5.32 Å². The summed E-state index contributed by atoms with van der Waals surface area (Å²) < 4.78 is 5.22. The molecule has 0 unspecified atom stereocenters. The first-order valence-corrected chi connectivity index (χ1v) is 8.57. The molecule has 0 radical (unpaired) electrons. The first kappa shape index (κ1) is 17.7. The fraction of sp³-hybridized carbons (Fsp3) is 0.118. The van der Waals surface area contributed by atoms with Crippen LogP contribution >= 0.6 is 35.4 Å². The molecule has 3 rings (SSSR count). The second-order valence-corrected chi connectivity index (χ2v) is 6.54. The number of nitrogens with one attached hydrogen (secondary N) is 2. The number of aromatic nitrogens is 2. The highest BCUT2D eigenvalue weighted by Gasteiger charge is 2.09. The maximum Gasteiger partial charge on any atom is 0.246 e. The van der Waals surface area contributed by atoms with E-state index in [2.05, 4.69) is 20.8 Å². The molecule has 2 N–H and O–H groups in total. The minimum Gasteiger partial charge on any atom is -0.353 e. The Kier molecular flexibility index (Phi) is 5.53. The van der Waals surface area contributed by atoms with Crippen molar-refractivity contribution >= 4 is 46.2 Å². The van der Waals surface area contributed by atoms with Gasteiger partial charge in [-0.05, 0) is 61.1 Å². The first-order chi connectivity index (χ1) is 12.0. The van der Waals surface area contributed by atoms with Crippen molar-refractivity contribution in [1.29, 1.82) is 0 Å². The van der Waals surface area contributed by atoms with Gasteiger partial charge in [0.05, 0.1) is 6.54 Å². The summed E-state index contributed by atoms with van der Waals surface area (Å²) in [4.78, 5) is 4.32. The molecule has 0 spiro atoms. The number of halogens is 2. The molecule has 0 atom stereocenters. The molecule has 0 amide bonds. The van der Waals surface area contributed by atoms with Gasteiger partial charge in [0.15, 0.2) is 5.11 Å². The number of hydrogen-bond acceptors (Lipinski definition) is 4. The van der Waals surface area contributed by atoms with Crippen molar-refractivity contribution < 1.29 is 4.52 Å². The molecule has 1 heterocycles. The Bertz CT molecular complexity index is 896. The van der Waals surface area contributed by atoms with Gasteiger partial charge in [-0.2, -0.15) is 4.98 Å². The Balaban J connectivity index is 1.57. The molecule has 25 heavy (non-hydrogen) atoms. The third kappa shape index (κ3) is 4.69. The van der Waals surface area contributed by atoms with Crippen molar-refractivity contribution in [2.45, 2.75) is 13.5 Å². The molecule has 0 aliphatic rings. The van der Waals surface area contributed by atoms with E-state index in [0.717, 1.165) is 16.8 Å². The van der Waals surface area contributed by atoms with E-state index in [1.165, 1.54) is 0 Å². The van der Waals surface area contributed by atoms with Gasteiger partial charge in [-0.1, -0.05) is 34.4 Å². The number of nitrogens with zero attached hydrogens (tertiary/aromatic N) is 2. The summed E-state index contributed by atoms with van der Waals surface area (Å²) in [5.41, 5.74) is 2.64. The van der Waals surface area contributed by atoms with Gasteiger partial charge in [0.1, 0.15) is 0 Å². The highest BCUT2D eigenvalue weighted by Crippen LogP contribution is 2.20. The van der Waals surface area contributed by atoms with Crippen LogP contribution in [0.5, 0.6) is 0 Å². The predicted octanol–water partition coefficient (Wildman–Crippen LogP) is 4.84. The van der Waals surface area contributed by atoms with Crippen LogP contribution in [-0.2, 0) is 6.54 Å². The summed E-state index contributed by atoms with van der Waals surface area (Å²) in [5.74, 6) is 0.925. The SMILES string of the molecule is Cc1ccc(NC(=S)NCc2nc(-c3ccc(Cl)cc3)no2)cc1Cl. The largest absolute Gasteiger partial charge is 0.353 e. The summed E-state index contributed by atoms with van der Waals surface area (Å²) in [6, 6.07) is 12.9. The van der Waals surface area contributed by atoms with E-state index in [-0.39, 0.29) is 0 Å². The van der Waals surface area contributed by atoms with E-state index < -0.39 is 0 Å². The van der Waals surface area contributed by atoms with Crippen molar-refractivity contribution in [3.63, 3.8) is 0 Å². The summed E-state index contributed by atoms with van der Waals surface area (Å²) in [6.45, 7) is 2.25. The van der Waals surface area contributed by atoms with Crippen molar-refractivity contribution in [3.8, 4) is 11.4 Å². The van der Waals surface area contributed by atoms with Gasteiger partial charge in [0.25, 0.3) is 0 Å².